The van der Waals surface area contributed by atoms with Gasteiger partial charge < -0.3 is 15.2 Å². The molecule has 206 valence electrons. The van der Waals surface area contributed by atoms with Crippen molar-refractivity contribution in [1.29, 1.82) is 0 Å². The Labute approximate surface area is 228 Å². The number of amides is 1. The molecule has 1 saturated heterocycles. The Morgan fingerprint density at radius 3 is 2.50 bits per heavy atom. The number of nitrogens with zero attached hydrogens (tertiary/aromatic N) is 1. The lowest BCUT2D eigenvalue weighted by atomic mass is 9.89. The highest BCUT2D eigenvalue weighted by atomic mass is 35.5. The molecule has 1 heterocycles. The zero-order valence-corrected chi connectivity index (χ0v) is 22.7. The van der Waals surface area contributed by atoms with Crippen molar-refractivity contribution in [2.75, 3.05) is 13.1 Å². The van der Waals surface area contributed by atoms with E-state index < -0.39 is 30.0 Å². The molecule has 2 fully saturated rings. The summed E-state index contributed by atoms with van der Waals surface area (Å²) in [7, 11) is 0. The molecule has 2 atom stereocenters. The third kappa shape index (κ3) is 5.85. The van der Waals surface area contributed by atoms with Crippen LogP contribution in [0, 0.1) is 0 Å². The number of hydrogen-bond donors (Lipinski definition) is 2. The summed E-state index contributed by atoms with van der Waals surface area (Å²) in [5.74, 6) is -4.41. The van der Waals surface area contributed by atoms with Gasteiger partial charge in [-0.15, -0.1) is 0 Å². The molecule has 2 aliphatic carbocycles. The van der Waals surface area contributed by atoms with Gasteiger partial charge in [-0.25, -0.2) is 0 Å². The number of carbonyl (C=O) groups excluding carboxylic acids is 1. The SMILES string of the molecule is C[C@@H](NC(=O)C(F)(F)CCc1ccc2c(c1)CCCC2)[C@](O)(c1ccc(OC2CC2)c(Cl)c1)N1CCCC1. The van der Waals surface area contributed by atoms with E-state index in [1.807, 2.05) is 23.1 Å². The van der Waals surface area contributed by atoms with Crippen LogP contribution in [0.15, 0.2) is 36.4 Å². The molecule has 0 unspecified atom stereocenters. The standard InChI is InChI=1S/C30H37ClF2N2O3/c1-20(34-28(36)29(32,33)15-14-21-8-9-22-6-2-3-7-23(22)18-21)30(37,35-16-4-5-17-35)24-10-13-27(26(31)19-24)38-25-11-12-25/h8-10,13,18-20,25,37H,2-7,11-12,14-17H2,1H3,(H,34,36)/t20-,30+/m1/s1. The average Bonchev–Trinajstić information content (AvgIpc) is 3.55. The Morgan fingerprint density at radius 2 is 1.82 bits per heavy atom. The predicted octanol–water partition coefficient (Wildman–Crippen LogP) is 5.77. The summed E-state index contributed by atoms with van der Waals surface area (Å²) < 4.78 is 36.0. The molecule has 0 radical (unpaired) electrons. The van der Waals surface area contributed by atoms with Gasteiger partial charge in [0.15, 0.2) is 5.72 Å². The number of nitrogens with one attached hydrogen (secondary N) is 1. The molecule has 2 aromatic carbocycles. The quantitative estimate of drug-likeness (QED) is 0.397. The molecule has 0 spiro atoms. The van der Waals surface area contributed by atoms with E-state index in [1.54, 1.807) is 25.1 Å². The van der Waals surface area contributed by atoms with Crippen LogP contribution in [0.25, 0.3) is 0 Å². The van der Waals surface area contributed by atoms with E-state index in [9.17, 15) is 9.90 Å². The first-order valence-corrected chi connectivity index (χ1v) is 14.3. The van der Waals surface area contributed by atoms with Gasteiger partial charge in [0.25, 0.3) is 5.91 Å². The summed E-state index contributed by atoms with van der Waals surface area (Å²) in [5, 5.41) is 14.8. The highest BCUT2D eigenvalue weighted by Gasteiger charge is 2.47. The second-order valence-electron chi connectivity index (χ2n) is 11.1. The van der Waals surface area contributed by atoms with Crippen LogP contribution >= 0.6 is 11.6 Å². The van der Waals surface area contributed by atoms with Gasteiger partial charge >= 0.3 is 5.92 Å². The highest BCUT2D eigenvalue weighted by Crippen LogP contribution is 2.39. The first-order valence-electron chi connectivity index (χ1n) is 13.9. The molecule has 1 aliphatic heterocycles. The number of aliphatic hydroxyl groups is 1. The number of likely N-dealkylation sites (tertiary alicyclic amines) is 1. The second kappa shape index (κ2) is 11.1. The summed E-state index contributed by atoms with van der Waals surface area (Å²) in [6.07, 6.45) is 7.69. The predicted molar refractivity (Wildman–Crippen MR) is 144 cm³/mol. The van der Waals surface area contributed by atoms with Gasteiger partial charge in [0.05, 0.1) is 17.2 Å². The van der Waals surface area contributed by atoms with Crippen LogP contribution in [0.4, 0.5) is 8.78 Å². The minimum Gasteiger partial charge on any atom is -0.489 e. The van der Waals surface area contributed by atoms with Crippen LogP contribution in [-0.4, -0.2) is 47.1 Å². The van der Waals surface area contributed by atoms with Gasteiger partial charge in [-0.05, 0) is 93.5 Å². The number of alkyl halides is 2. The topological polar surface area (TPSA) is 61.8 Å². The number of hydrogen-bond acceptors (Lipinski definition) is 4. The summed E-state index contributed by atoms with van der Waals surface area (Å²) in [6, 6.07) is 9.97. The number of aryl methyl sites for hydroxylation is 3. The molecule has 0 bridgehead atoms. The number of carbonyl (C=O) groups is 1. The monoisotopic (exact) mass is 546 g/mol. The summed E-state index contributed by atoms with van der Waals surface area (Å²) in [5.41, 5.74) is 2.10. The van der Waals surface area contributed by atoms with Crippen LogP contribution in [0.1, 0.15) is 74.1 Å². The average molecular weight is 547 g/mol. The molecule has 8 heteroatoms. The third-order valence-corrected chi connectivity index (χ3v) is 8.48. The van der Waals surface area contributed by atoms with Crippen molar-refractivity contribution >= 4 is 17.5 Å². The van der Waals surface area contributed by atoms with Crippen molar-refractivity contribution in [3.63, 3.8) is 0 Å². The van der Waals surface area contributed by atoms with Gasteiger partial charge in [-0.2, -0.15) is 8.78 Å². The number of halogens is 3. The molecular formula is C30H37ClF2N2O3. The Kier molecular flexibility index (Phi) is 7.99. The van der Waals surface area contributed by atoms with Crippen LogP contribution in [-0.2, 0) is 29.8 Å². The Morgan fingerprint density at radius 1 is 1.11 bits per heavy atom. The van der Waals surface area contributed by atoms with E-state index in [4.69, 9.17) is 16.3 Å². The normalized spacial score (nSPS) is 20.4. The van der Waals surface area contributed by atoms with Gasteiger partial charge in [0.1, 0.15) is 5.75 Å². The van der Waals surface area contributed by atoms with E-state index in [0.29, 0.717) is 29.4 Å². The fraction of sp³-hybridized carbons (Fsp3) is 0.567. The molecule has 38 heavy (non-hydrogen) atoms. The van der Waals surface area contributed by atoms with Crippen molar-refractivity contribution in [3.05, 3.63) is 63.7 Å². The van der Waals surface area contributed by atoms with Crippen molar-refractivity contribution in [1.82, 2.24) is 10.2 Å². The fourth-order valence-electron chi connectivity index (χ4n) is 5.72. The minimum absolute atomic E-state index is 0.108. The van der Waals surface area contributed by atoms with Crippen LogP contribution in [0.2, 0.25) is 5.02 Å². The molecule has 2 N–H and O–H groups in total. The fourth-order valence-corrected chi connectivity index (χ4v) is 5.94. The van der Waals surface area contributed by atoms with E-state index in [-0.39, 0.29) is 12.5 Å². The molecule has 5 nitrogen and oxygen atoms in total. The molecule has 1 amide bonds. The van der Waals surface area contributed by atoms with E-state index in [2.05, 4.69) is 5.32 Å². The number of rotatable bonds is 10. The lowest BCUT2D eigenvalue weighted by Crippen LogP contribution is -2.60. The molecule has 1 saturated carbocycles. The maximum Gasteiger partial charge on any atom is 0.324 e. The van der Waals surface area contributed by atoms with Crippen molar-refractivity contribution < 1.29 is 23.4 Å². The van der Waals surface area contributed by atoms with Gasteiger partial charge in [0, 0.05) is 25.1 Å². The largest absolute Gasteiger partial charge is 0.489 e. The van der Waals surface area contributed by atoms with Crippen molar-refractivity contribution in [2.24, 2.45) is 0 Å². The van der Waals surface area contributed by atoms with Crippen molar-refractivity contribution in [2.45, 2.75) is 94.9 Å². The lowest BCUT2D eigenvalue weighted by Gasteiger charge is -2.42. The molecule has 3 aliphatic rings. The summed E-state index contributed by atoms with van der Waals surface area (Å²) >= 11 is 6.48. The maximum atomic E-state index is 15.1. The van der Waals surface area contributed by atoms with E-state index in [1.165, 1.54) is 11.1 Å². The van der Waals surface area contributed by atoms with Crippen LogP contribution in [0.5, 0.6) is 5.75 Å². The lowest BCUT2D eigenvalue weighted by molar-refractivity contribution is -0.159. The summed E-state index contributed by atoms with van der Waals surface area (Å²) in [4.78, 5) is 14.7. The van der Waals surface area contributed by atoms with Crippen molar-refractivity contribution in [3.8, 4) is 5.75 Å². The number of benzene rings is 2. The van der Waals surface area contributed by atoms with Crippen LogP contribution in [0.3, 0.4) is 0 Å². The maximum absolute atomic E-state index is 15.1. The highest BCUT2D eigenvalue weighted by molar-refractivity contribution is 6.32. The summed E-state index contributed by atoms with van der Waals surface area (Å²) in [6.45, 7) is 2.74. The van der Waals surface area contributed by atoms with Crippen LogP contribution < -0.4 is 10.1 Å². The molecule has 5 rings (SSSR count). The van der Waals surface area contributed by atoms with Gasteiger partial charge in [0.2, 0.25) is 0 Å². The Balaban J connectivity index is 1.29. The van der Waals surface area contributed by atoms with E-state index >= 15 is 8.78 Å². The molecule has 2 aromatic rings. The number of fused-ring (bicyclic) bond motifs is 1. The first-order chi connectivity index (χ1) is 18.2. The molecule has 0 aromatic heterocycles. The second-order valence-corrected chi connectivity index (χ2v) is 11.5. The number of ether oxygens (including phenoxy) is 1. The Bertz CT molecular complexity index is 1170. The Hall–Kier alpha value is -2.22. The zero-order chi connectivity index (χ0) is 26.9. The van der Waals surface area contributed by atoms with Gasteiger partial charge in [-0.1, -0.05) is 35.9 Å². The minimum atomic E-state index is -3.57. The molecular weight excluding hydrogens is 510 g/mol. The smallest absolute Gasteiger partial charge is 0.324 e. The van der Waals surface area contributed by atoms with Gasteiger partial charge in [-0.3, -0.25) is 9.69 Å². The zero-order valence-electron chi connectivity index (χ0n) is 21.9. The van der Waals surface area contributed by atoms with E-state index in [0.717, 1.165) is 56.9 Å². The first kappa shape index (κ1) is 27.4. The third-order valence-electron chi connectivity index (χ3n) is 8.19.